The highest BCUT2D eigenvalue weighted by Gasteiger charge is 2.26. The number of anilines is 1. The second-order valence-corrected chi connectivity index (χ2v) is 6.62. The third kappa shape index (κ3) is 3.30. The lowest BCUT2D eigenvalue weighted by Gasteiger charge is -2.37. The first-order valence-electron chi connectivity index (χ1n) is 7.22. The topological polar surface area (TPSA) is 32.5 Å². The summed E-state index contributed by atoms with van der Waals surface area (Å²) in [5, 5.41) is 0. The fourth-order valence-corrected chi connectivity index (χ4v) is 3.27. The molecule has 1 saturated carbocycles. The van der Waals surface area contributed by atoms with Crippen molar-refractivity contribution in [2.75, 3.05) is 37.6 Å². The summed E-state index contributed by atoms with van der Waals surface area (Å²) in [7, 11) is 0. The Morgan fingerprint density at radius 1 is 1.16 bits per heavy atom. The van der Waals surface area contributed by atoms with E-state index in [1.165, 1.54) is 43.7 Å². The predicted molar refractivity (Wildman–Crippen MR) is 83.4 cm³/mol. The summed E-state index contributed by atoms with van der Waals surface area (Å²) in [6.45, 7) is 6.56. The number of benzene rings is 1. The van der Waals surface area contributed by atoms with Gasteiger partial charge in [0.05, 0.1) is 0 Å². The minimum absolute atomic E-state index is 0.608. The molecule has 3 rings (SSSR count). The van der Waals surface area contributed by atoms with Crippen LogP contribution in [0.4, 0.5) is 5.69 Å². The molecule has 3 nitrogen and oxygen atoms in total. The van der Waals surface area contributed by atoms with Crippen LogP contribution >= 0.6 is 15.9 Å². The van der Waals surface area contributed by atoms with Gasteiger partial charge in [-0.05, 0) is 42.5 Å². The maximum absolute atomic E-state index is 5.87. The first kappa shape index (κ1) is 13.4. The van der Waals surface area contributed by atoms with Crippen LogP contribution in [0.15, 0.2) is 22.7 Å². The SMILES string of the molecule is NCc1cc(Br)ccc1N1CCN(CC2CC2)CC1. The quantitative estimate of drug-likeness (QED) is 0.923. The lowest BCUT2D eigenvalue weighted by atomic mass is 10.1. The van der Waals surface area contributed by atoms with Crippen LogP contribution in [-0.2, 0) is 6.54 Å². The fourth-order valence-electron chi connectivity index (χ4n) is 2.86. The second kappa shape index (κ2) is 5.81. The fraction of sp³-hybridized carbons (Fsp3) is 0.600. The van der Waals surface area contributed by atoms with Gasteiger partial charge in [-0.3, -0.25) is 4.90 Å². The molecule has 0 amide bonds. The van der Waals surface area contributed by atoms with Crippen LogP contribution in [0.25, 0.3) is 0 Å². The number of halogens is 1. The molecule has 2 N–H and O–H groups in total. The number of rotatable bonds is 4. The van der Waals surface area contributed by atoms with Gasteiger partial charge in [-0.1, -0.05) is 15.9 Å². The van der Waals surface area contributed by atoms with Gasteiger partial charge in [-0.2, -0.15) is 0 Å². The Bertz CT molecular complexity index is 437. The first-order valence-corrected chi connectivity index (χ1v) is 8.01. The third-order valence-corrected chi connectivity index (χ3v) is 4.68. The average Bonchev–Trinajstić information content (AvgIpc) is 3.24. The minimum Gasteiger partial charge on any atom is -0.369 e. The molecular formula is C15H22BrN3. The van der Waals surface area contributed by atoms with Crippen molar-refractivity contribution in [3.05, 3.63) is 28.2 Å². The van der Waals surface area contributed by atoms with Gasteiger partial charge in [0.15, 0.2) is 0 Å². The zero-order chi connectivity index (χ0) is 13.2. The van der Waals surface area contributed by atoms with Gasteiger partial charge in [0.1, 0.15) is 0 Å². The summed E-state index contributed by atoms with van der Waals surface area (Å²) < 4.78 is 1.11. The molecular weight excluding hydrogens is 302 g/mol. The Hall–Kier alpha value is -0.580. The Labute approximate surface area is 123 Å². The van der Waals surface area contributed by atoms with E-state index in [4.69, 9.17) is 5.73 Å². The van der Waals surface area contributed by atoms with Crippen molar-refractivity contribution in [3.63, 3.8) is 0 Å². The summed E-state index contributed by atoms with van der Waals surface area (Å²) in [4.78, 5) is 5.10. The molecule has 1 saturated heterocycles. The van der Waals surface area contributed by atoms with Gasteiger partial charge in [-0.25, -0.2) is 0 Å². The van der Waals surface area contributed by atoms with E-state index in [1.807, 2.05) is 0 Å². The van der Waals surface area contributed by atoms with Crippen molar-refractivity contribution in [2.45, 2.75) is 19.4 Å². The molecule has 19 heavy (non-hydrogen) atoms. The number of nitrogens with zero attached hydrogens (tertiary/aromatic N) is 2. The molecule has 4 heteroatoms. The van der Waals surface area contributed by atoms with Crippen LogP contribution in [0.5, 0.6) is 0 Å². The highest BCUT2D eigenvalue weighted by atomic mass is 79.9. The maximum atomic E-state index is 5.87. The van der Waals surface area contributed by atoms with E-state index in [2.05, 4.69) is 43.9 Å². The molecule has 104 valence electrons. The van der Waals surface area contributed by atoms with Crippen molar-refractivity contribution >= 4 is 21.6 Å². The highest BCUT2D eigenvalue weighted by molar-refractivity contribution is 9.10. The standard InChI is InChI=1S/C15H22BrN3/c16-14-3-4-15(13(9-14)10-17)19-7-5-18(6-8-19)11-12-1-2-12/h3-4,9,12H,1-2,5-8,10-11,17H2. The van der Waals surface area contributed by atoms with Crippen LogP contribution in [0.1, 0.15) is 18.4 Å². The Kier molecular flexibility index (Phi) is 4.10. The lowest BCUT2D eigenvalue weighted by Crippen LogP contribution is -2.47. The Morgan fingerprint density at radius 2 is 1.89 bits per heavy atom. The summed E-state index contributed by atoms with van der Waals surface area (Å²) in [5.41, 5.74) is 8.43. The second-order valence-electron chi connectivity index (χ2n) is 5.71. The van der Waals surface area contributed by atoms with E-state index in [0.717, 1.165) is 23.5 Å². The van der Waals surface area contributed by atoms with E-state index in [0.29, 0.717) is 6.54 Å². The third-order valence-electron chi connectivity index (χ3n) is 4.19. The number of hydrogen-bond acceptors (Lipinski definition) is 3. The van der Waals surface area contributed by atoms with E-state index >= 15 is 0 Å². The summed E-state index contributed by atoms with van der Waals surface area (Å²) in [5.74, 6) is 0.999. The molecule has 1 aromatic rings. The molecule has 0 bridgehead atoms. The molecule has 1 aliphatic carbocycles. The van der Waals surface area contributed by atoms with E-state index < -0.39 is 0 Å². The monoisotopic (exact) mass is 323 g/mol. The van der Waals surface area contributed by atoms with Crippen LogP contribution in [0.3, 0.4) is 0 Å². The molecule has 1 aromatic carbocycles. The molecule has 0 radical (unpaired) electrons. The van der Waals surface area contributed by atoms with Crippen molar-refractivity contribution in [3.8, 4) is 0 Å². The molecule has 0 atom stereocenters. The van der Waals surface area contributed by atoms with Gasteiger partial charge in [0.25, 0.3) is 0 Å². The number of nitrogens with two attached hydrogens (primary N) is 1. The molecule has 0 aromatic heterocycles. The van der Waals surface area contributed by atoms with Crippen LogP contribution < -0.4 is 10.6 Å². The van der Waals surface area contributed by atoms with Crippen molar-refractivity contribution in [1.82, 2.24) is 4.90 Å². The van der Waals surface area contributed by atoms with Gasteiger partial charge in [0.2, 0.25) is 0 Å². The highest BCUT2D eigenvalue weighted by Crippen LogP contribution is 2.30. The summed E-state index contributed by atoms with van der Waals surface area (Å²) in [6.07, 6.45) is 2.90. The van der Waals surface area contributed by atoms with E-state index in [9.17, 15) is 0 Å². The van der Waals surface area contributed by atoms with Gasteiger partial charge < -0.3 is 10.6 Å². The van der Waals surface area contributed by atoms with Gasteiger partial charge in [0, 0.05) is 49.4 Å². The zero-order valence-corrected chi connectivity index (χ0v) is 12.9. The van der Waals surface area contributed by atoms with Gasteiger partial charge in [-0.15, -0.1) is 0 Å². The number of hydrogen-bond donors (Lipinski definition) is 1. The largest absolute Gasteiger partial charge is 0.369 e. The molecule has 1 heterocycles. The summed E-state index contributed by atoms with van der Waals surface area (Å²) in [6, 6.07) is 6.46. The van der Waals surface area contributed by atoms with Gasteiger partial charge >= 0.3 is 0 Å². The Balaban J connectivity index is 1.63. The molecule has 0 unspecified atom stereocenters. The predicted octanol–water partition coefficient (Wildman–Crippen LogP) is 2.44. The average molecular weight is 324 g/mol. The van der Waals surface area contributed by atoms with Crippen LogP contribution in [-0.4, -0.2) is 37.6 Å². The molecule has 1 aliphatic heterocycles. The number of piperazine rings is 1. The molecule has 2 aliphatic rings. The van der Waals surface area contributed by atoms with Crippen molar-refractivity contribution in [2.24, 2.45) is 11.7 Å². The van der Waals surface area contributed by atoms with Crippen LogP contribution in [0, 0.1) is 5.92 Å². The minimum atomic E-state index is 0.608. The molecule has 2 fully saturated rings. The zero-order valence-electron chi connectivity index (χ0n) is 11.3. The Morgan fingerprint density at radius 3 is 2.53 bits per heavy atom. The van der Waals surface area contributed by atoms with Crippen LogP contribution in [0.2, 0.25) is 0 Å². The van der Waals surface area contributed by atoms with E-state index in [-0.39, 0.29) is 0 Å². The maximum Gasteiger partial charge on any atom is 0.0413 e. The first-order chi connectivity index (χ1) is 9.26. The van der Waals surface area contributed by atoms with Crippen molar-refractivity contribution in [1.29, 1.82) is 0 Å². The summed E-state index contributed by atoms with van der Waals surface area (Å²) >= 11 is 3.52. The lowest BCUT2D eigenvalue weighted by molar-refractivity contribution is 0.248. The smallest absolute Gasteiger partial charge is 0.0413 e. The molecule has 0 spiro atoms. The normalized spacial score (nSPS) is 20.8. The van der Waals surface area contributed by atoms with Crippen molar-refractivity contribution < 1.29 is 0 Å². The van der Waals surface area contributed by atoms with E-state index in [1.54, 1.807) is 0 Å².